The van der Waals surface area contributed by atoms with Gasteiger partial charge in [0.25, 0.3) is 5.91 Å². The normalized spacial score (nSPS) is 14.8. The number of fused-ring (bicyclic) bond motifs is 2. The van der Waals surface area contributed by atoms with E-state index in [1.807, 2.05) is 54.3 Å². The van der Waals surface area contributed by atoms with Crippen LogP contribution in [0.5, 0.6) is 0 Å². The molecule has 0 saturated carbocycles. The van der Waals surface area contributed by atoms with Crippen LogP contribution in [0, 0.1) is 6.92 Å². The molecule has 26 heavy (non-hydrogen) atoms. The number of aryl methyl sites for hydroxylation is 1. The summed E-state index contributed by atoms with van der Waals surface area (Å²) in [6.07, 6.45) is 2.18. The highest BCUT2D eigenvalue weighted by Gasteiger charge is 2.28. The Morgan fingerprint density at radius 1 is 0.846 bits per heavy atom. The summed E-state index contributed by atoms with van der Waals surface area (Å²) in [5.41, 5.74) is 7.23. The second-order valence-corrected chi connectivity index (χ2v) is 6.58. The molecule has 0 spiro atoms. The summed E-state index contributed by atoms with van der Waals surface area (Å²) in [6.45, 7) is 4.76. The summed E-state index contributed by atoms with van der Waals surface area (Å²) in [6, 6.07) is 24.5. The van der Waals surface area contributed by atoms with Crippen molar-refractivity contribution in [1.29, 1.82) is 0 Å². The third-order valence-corrected chi connectivity index (χ3v) is 4.85. The Kier molecular flexibility index (Phi) is 4.18. The highest BCUT2D eigenvalue weighted by atomic mass is 16.2. The molecule has 0 aliphatic carbocycles. The van der Waals surface area contributed by atoms with Gasteiger partial charge >= 0.3 is 0 Å². The molecule has 0 bridgehead atoms. The number of carbonyl (C=O) groups excluding carboxylic acids is 1. The van der Waals surface area contributed by atoms with E-state index in [1.54, 1.807) is 0 Å². The van der Waals surface area contributed by atoms with Crippen LogP contribution in [0.3, 0.4) is 0 Å². The maximum atomic E-state index is 13.2. The van der Waals surface area contributed by atoms with Gasteiger partial charge in [-0.3, -0.25) is 4.79 Å². The van der Waals surface area contributed by atoms with Crippen LogP contribution in [-0.4, -0.2) is 12.5 Å². The zero-order valence-corrected chi connectivity index (χ0v) is 15.1. The molecule has 0 N–H and O–H groups in total. The Bertz CT molecular complexity index is 1000. The predicted molar refractivity (Wildman–Crippen MR) is 108 cm³/mol. The Hall–Kier alpha value is -3.13. The van der Waals surface area contributed by atoms with Crippen molar-refractivity contribution in [3.63, 3.8) is 0 Å². The van der Waals surface area contributed by atoms with Gasteiger partial charge < -0.3 is 4.90 Å². The number of benzene rings is 3. The van der Waals surface area contributed by atoms with Crippen LogP contribution in [0.1, 0.15) is 39.5 Å². The maximum absolute atomic E-state index is 13.2. The lowest BCUT2D eigenvalue weighted by atomic mass is 9.91. The molecule has 2 heteroatoms. The van der Waals surface area contributed by atoms with E-state index in [0.717, 1.165) is 33.5 Å². The first-order chi connectivity index (χ1) is 12.7. The molecule has 4 rings (SSSR count). The average Bonchev–Trinajstić information content (AvgIpc) is 2.77. The average molecular weight is 339 g/mol. The van der Waals surface area contributed by atoms with E-state index < -0.39 is 0 Å². The highest BCUT2D eigenvalue weighted by Crippen LogP contribution is 2.39. The van der Waals surface area contributed by atoms with Crippen molar-refractivity contribution in [1.82, 2.24) is 0 Å². The fourth-order valence-electron chi connectivity index (χ4n) is 3.59. The van der Waals surface area contributed by atoms with Crippen molar-refractivity contribution in [2.45, 2.75) is 13.8 Å². The molecule has 0 unspecified atom stereocenters. The molecule has 0 atom stereocenters. The first-order valence-corrected chi connectivity index (χ1v) is 8.98. The largest absolute Gasteiger partial charge is 0.308 e. The van der Waals surface area contributed by atoms with Crippen LogP contribution in [0.15, 0.2) is 72.8 Å². The van der Waals surface area contributed by atoms with Crippen LogP contribution >= 0.6 is 0 Å². The van der Waals surface area contributed by atoms with Crippen molar-refractivity contribution in [3.05, 3.63) is 101 Å². The van der Waals surface area contributed by atoms with Crippen molar-refractivity contribution in [3.8, 4) is 0 Å². The summed E-state index contributed by atoms with van der Waals surface area (Å²) >= 11 is 0. The van der Waals surface area contributed by atoms with Crippen molar-refractivity contribution < 1.29 is 4.79 Å². The standard InChI is InChI=1S/C24H21NO/c1-3-25-23-14-13-17(2)15-22(23)21(16-18-9-5-4-6-10-18)19-11-7-8-12-20(19)24(25)26/h4-16H,3H2,1-2H3/b21-16-. The zero-order valence-electron chi connectivity index (χ0n) is 15.1. The van der Waals surface area contributed by atoms with E-state index in [9.17, 15) is 4.79 Å². The van der Waals surface area contributed by atoms with Crippen LogP contribution in [0.2, 0.25) is 0 Å². The molecule has 0 fully saturated rings. The number of anilines is 1. The minimum atomic E-state index is 0.0599. The minimum Gasteiger partial charge on any atom is -0.308 e. The van der Waals surface area contributed by atoms with Crippen LogP contribution < -0.4 is 4.90 Å². The monoisotopic (exact) mass is 339 g/mol. The number of hydrogen-bond acceptors (Lipinski definition) is 1. The van der Waals surface area contributed by atoms with Crippen molar-refractivity contribution in [2.24, 2.45) is 0 Å². The van der Waals surface area contributed by atoms with E-state index in [1.165, 1.54) is 5.56 Å². The number of carbonyl (C=O) groups is 1. The number of rotatable bonds is 2. The van der Waals surface area contributed by atoms with Gasteiger partial charge in [0.2, 0.25) is 0 Å². The molecule has 0 radical (unpaired) electrons. The predicted octanol–water partition coefficient (Wildman–Crippen LogP) is 5.56. The first kappa shape index (κ1) is 16.3. The van der Waals surface area contributed by atoms with E-state index in [0.29, 0.717) is 6.54 Å². The molecule has 128 valence electrons. The lowest BCUT2D eigenvalue weighted by Gasteiger charge is -2.22. The van der Waals surface area contributed by atoms with E-state index in [2.05, 4.69) is 43.3 Å². The van der Waals surface area contributed by atoms with Crippen molar-refractivity contribution >= 4 is 23.2 Å². The van der Waals surface area contributed by atoms with Crippen molar-refractivity contribution in [2.75, 3.05) is 11.4 Å². The summed E-state index contributed by atoms with van der Waals surface area (Å²) < 4.78 is 0. The van der Waals surface area contributed by atoms with Crippen LogP contribution in [0.25, 0.3) is 11.6 Å². The second-order valence-electron chi connectivity index (χ2n) is 6.58. The van der Waals surface area contributed by atoms with Gasteiger partial charge in [0, 0.05) is 17.7 Å². The lowest BCUT2D eigenvalue weighted by molar-refractivity contribution is 0.0988. The number of hydrogen-bond donors (Lipinski definition) is 0. The zero-order chi connectivity index (χ0) is 18.1. The molecule has 3 aromatic carbocycles. The summed E-state index contributed by atoms with van der Waals surface area (Å²) in [4.78, 5) is 15.1. The van der Waals surface area contributed by atoms with E-state index >= 15 is 0 Å². The SMILES string of the molecule is CCN1C(=O)c2ccccc2/C(=C/c2ccccc2)c2cc(C)ccc21. The molecule has 0 aromatic heterocycles. The lowest BCUT2D eigenvalue weighted by Crippen LogP contribution is -2.30. The van der Waals surface area contributed by atoms with Gasteiger partial charge in [-0.25, -0.2) is 0 Å². The summed E-state index contributed by atoms with van der Waals surface area (Å²) in [5.74, 6) is 0.0599. The van der Waals surface area contributed by atoms with Gasteiger partial charge in [-0.15, -0.1) is 0 Å². The summed E-state index contributed by atoms with van der Waals surface area (Å²) in [5, 5.41) is 0. The van der Waals surface area contributed by atoms with E-state index in [4.69, 9.17) is 0 Å². The fraction of sp³-hybridized carbons (Fsp3) is 0.125. The van der Waals surface area contributed by atoms with Crippen LogP contribution in [-0.2, 0) is 0 Å². The van der Waals surface area contributed by atoms with Gasteiger partial charge in [0.15, 0.2) is 0 Å². The topological polar surface area (TPSA) is 20.3 Å². The minimum absolute atomic E-state index is 0.0599. The van der Waals surface area contributed by atoms with Gasteiger partial charge in [-0.1, -0.05) is 60.2 Å². The van der Waals surface area contributed by atoms with Crippen LogP contribution in [0.4, 0.5) is 5.69 Å². The number of amides is 1. The van der Waals surface area contributed by atoms with Gasteiger partial charge in [0.05, 0.1) is 5.69 Å². The quantitative estimate of drug-likeness (QED) is 0.598. The third kappa shape index (κ3) is 2.74. The highest BCUT2D eigenvalue weighted by molar-refractivity contribution is 6.15. The number of nitrogens with zero attached hydrogens (tertiary/aromatic N) is 1. The second kappa shape index (κ2) is 6.64. The van der Waals surface area contributed by atoms with Gasteiger partial charge in [-0.05, 0) is 54.8 Å². The molecule has 0 saturated heterocycles. The van der Waals surface area contributed by atoms with Gasteiger partial charge in [-0.2, -0.15) is 0 Å². The molecule has 1 aliphatic rings. The molecule has 1 amide bonds. The molecular weight excluding hydrogens is 318 g/mol. The summed E-state index contributed by atoms with van der Waals surface area (Å²) in [7, 11) is 0. The molecule has 3 aromatic rings. The Morgan fingerprint density at radius 2 is 1.54 bits per heavy atom. The van der Waals surface area contributed by atoms with Gasteiger partial charge in [0.1, 0.15) is 0 Å². The molecule has 1 aliphatic heterocycles. The Labute approximate surface area is 154 Å². The Balaban J connectivity index is 2.07. The molecular formula is C24H21NO. The Morgan fingerprint density at radius 3 is 2.27 bits per heavy atom. The molecule has 1 heterocycles. The fourth-order valence-corrected chi connectivity index (χ4v) is 3.59. The first-order valence-electron chi connectivity index (χ1n) is 8.98. The smallest absolute Gasteiger partial charge is 0.258 e. The third-order valence-electron chi connectivity index (χ3n) is 4.85. The molecule has 2 nitrogen and oxygen atoms in total. The maximum Gasteiger partial charge on any atom is 0.258 e. The van der Waals surface area contributed by atoms with E-state index in [-0.39, 0.29) is 5.91 Å².